The summed E-state index contributed by atoms with van der Waals surface area (Å²) >= 11 is 5.89. The second-order valence-electron chi connectivity index (χ2n) is 4.75. The van der Waals surface area contributed by atoms with E-state index in [2.05, 4.69) is 10.3 Å². The van der Waals surface area contributed by atoms with Crippen LogP contribution in [-0.2, 0) is 4.79 Å². The molecule has 0 aliphatic heterocycles. The minimum Gasteiger partial charge on any atom is -0.473 e. The SMILES string of the molecule is CC(Oc1cccnc1[N+](=O)[O-])C(=O)Nc1ccc([N+](=O)[O-])cc1Cl. The van der Waals surface area contributed by atoms with Gasteiger partial charge in [-0.15, -0.1) is 0 Å². The number of aromatic nitrogens is 1. The highest BCUT2D eigenvalue weighted by atomic mass is 35.5. The Labute approximate surface area is 145 Å². The van der Waals surface area contributed by atoms with E-state index in [0.717, 1.165) is 6.07 Å². The van der Waals surface area contributed by atoms with E-state index in [-0.39, 0.29) is 22.1 Å². The second-order valence-corrected chi connectivity index (χ2v) is 5.16. The average Bonchev–Trinajstić information content (AvgIpc) is 2.56. The smallest absolute Gasteiger partial charge is 0.406 e. The van der Waals surface area contributed by atoms with E-state index >= 15 is 0 Å². The summed E-state index contributed by atoms with van der Waals surface area (Å²) in [5, 5.41) is 24.0. The van der Waals surface area contributed by atoms with Crippen LogP contribution >= 0.6 is 11.6 Å². The molecular weight excluding hydrogens is 356 g/mol. The number of benzene rings is 1. The highest BCUT2D eigenvalue weighted by molar-refractivity contribution is 6.34. The van der Waals surface area contributed by atoms with Crippen LogP contribution in [0.25, 0.3) is 0 Å². The molecule has 0 radical (unpaired) electrons. The van der Waals surface area contributed by atoms with Gasteiger partial charge in [0.2, 0.25) is 5.75 Å². The molecule has 1 aromatic heterocycles. The van der Waals surface area contributed by atoms with Crippen LogP contribution < -0.4 is 10.1 Å². The zero-order valence-corrected chi connectivity index (χ0v) is 13.5. The van der Waals surface area contributed by atoms with Gasteiger partial charge in [0.25, 0.3) is 11.6 Å². The molecule has 0 fully saturated rings. The Hall–Kier alpha value is -3.27. The number of rotatable bonds is 6. The van der Waals surface area contributed by atoms with Crippen LogP contribution in [0.15, 0.2) is 36.5 Å². The van der Waals surface area contributed by atoms with Crippen LogP contribution in [0.1, 0.15) is 6.92 Å². The zero-order chi connectivity index (χ0) is 18.6. The Balaban J connectivity index is 2.11. The Morgan fingerprint density at radius 2 is 2.00 bits per heavy atom. The van der Waals surface area contributed by atoms with Crippen molar-refractivity contribution < 1.29 is 19.4 Å². The molecule has 130 valence electrons. The first-order chi connectivity index (χ1) is 11.8. The maximum absolute atomic E-state index is 12.2. The molecule has 10 nitrogen and oxygen atoms in total. The van der Waals surface area contributed by atoms with Crippen molar-refractivity contribution >= 4 is 34.7 Å². The Bertz CT molecular complexity index is 844. The van der Waals surface area contributed by atoms with Gasteiger partial charge in [-0.25, -0.2) is 0 Å². The molecule has 0 aliphatic rings. The molecule has 11 heteroatoms. The number of pyridine rings is 1. The number of halogens is 1. The zero-order valence-electron chi connectivity index (χ0n) is 12.7. The molecule has 0 spiro atoms. The highest BCUT2D eigenvalue weighted by Crippen LogP contribution is 2.28. The molecule has 2 aromatic rings. The molecule has 1 heterocycles. The lowest BCUT2D eigenvalue weighted by Gasteiger charge is -2.14. The molecule has 25 heavy (non-hydrogen) atoms. The fourth-order valence-electron chi connectivity index (χ4n) is 1.81. The molecule has 1 atom stereocenters. The number of hydrogen-bond acceptors (Lipinski definition) is 7. The van der Waals surface area contributed by atoms with Crippen molar-refractivity contribution in [1.29, 1.82) is 0 Å². The minimum atomic E-state index is -1.10. The van der Waals surface area contributed by atoms with E-state index in [4.69, 9.17) is 16.3 Å². The normalized spacial score (nSPS) is 11.4. The molecule has 0 saturated carbocycles. The number of anilines is 1. The molecule has 1 amide bonds. The fraction of sp³-hybridized carbons (Fsp3) is 0.143. The van der Waals surface area contributed by atoms with Gasteiger partial charge in [0.05, 0.1) is 15.6 Å². The fourth-order valence-corrected chi connectivity index (χ4v) is 2.03. The Kier molecular flexibility index (Phi) is 5.45. The van der Waals surface area contributed by atoms with Crippen molar-refractivity contribution in [1.82, 2.24) is 4.98 Å². The molecular formula is C14H11ClN4O6. The summed E-state index contributed by atoms with van der Waals surface area (Å²) in [4.78, 5) is 35.9. The minimum absolute atomic E-state index is 0.0258. The van der Waals surface area contributed by atoms with Crippen LogP contribution in [0.3, 0.4) is 0 Å². The molecule has 0 aliphatic carbocycles. The molecule has 0 bridgehead atoms. The number of hydrogen-bond donors (Lipinski definition) is 1. The average molecular weight is 367 g/mol. The summed E-state index contributed by atoms with van der Waals surface area (Å²) in [6, 6.07) is 6.29. The summed E-state index contributed by atoms with van der Waals surface area (Å²) in [6.07, 6.45) is 0.126. The van der Waals surface area contributed by atoms with E-state index in [1.165, 1.54) is 37.4 Å². The molecule has 1 N–H and O–H groups in total. The lowest BCUT2D eigenvalue weighted by molar-refractivity contribution is -0.390. The van der Waals surface area contributed by atoms with E-state index in [9.17, 15) is 25.0 Å². The first kappa shape index (κ1) is 18.1. The number of non-ortho nitro benzene ring substituents is 1. The number of amides is 1. The third-order valence-corrected chi connectivity index (χ3v) is 3.33. The van der Waals surface area contributed by atoms with Crippen molar-refractivity contribution in [2.75, 3.05) is 5.32 Å². The van der Waals surface area contributed by atoms with Gasteiger partial charge in [0.1, 0.15) is 6.20 Å². The monoisotopic (exact) mass is 366 g/mol. The Morgan fingerprint density at radius 3 is 2.60 bits per heavy atom. The molecule has 2 rings (SSSR count). The third kappa shape index (κ3) is 4.38. The van der Waals surface area contributed by atoms with Gasteiger partial charge in [-0.2, -0.15) is 0 Å². The molecule has 1 unspecified atom stereocenters. The van der Waals surface area contributed by atoms with Crippen LogP contribution in [0, 0.1) is 20.2 Å². The number of nitro groups is 2. The number of nitrogens with one attached hydrogen (secondary N) is 1. The predicted molar refractivity (Wildman–Crippen MR) is 87.7 cm³/mol. The molecule has 0 saturated heterocycles. The summed E-state index contributed by atoms with van der Waals surface area (Å²) in [7, 11) is 0. The van der Waals surface area contributed by atoms with Crippen molar-refractivity contribution in [3.05, 3.63) is 61.8 Å². The van der Waals surface area contributed by atoms with Crippen molar-refractivity contribution in [3.63, 3.8) is 0 Å². The highest BCUT2D eigenvalue weighted by Gasteiger charge is 2.22. The molecule has 1 aromatic carbocycles. The topological polar surface area (TPSA) is 138 Å². The quantitative estimate of drug-likeness (QED) is 0.612. The van der Waals surface area contributed by atoms with E-state index in [1.807, 2.05) is 0 Å². The third-order valence-electron chi connectivity index (χ3n) is 3.02. The van der Waals surface area contributed by atoms with Crippen LogP contribution in [0.4, 0.5) is 17.2 Å². The first-order valence-electron chi connectivity index (χ1n) is 6.80. The first-order valence-corrected chi connectivity index (χ1v) is 7.18. The van der Waals surface area contributed by atoms with E-state index < -0.39 is 27.7 Å². The van der Waals surface area contributed by atoms with Gasteiger partial charge in [-0.05, 0) is 35.0 Å². The van der Waals surface area contributed by atoms with E-state index in [1.54, 1.807) is 0 Å². The van der Waals surface area contributed by atoms with E-state index in [0.29, 0.717) is 0 Å². The van der Waals surface area contributed by atoms with Crippen molar-refractivity contribution in [2.45, 2.75) is 13.0 Å². The number of carbonyl (C=O) groups is 1. The van der Waals surface area contributed by atoms with Gasteiger partial charge >= 0.3 is 5.82 Å². The predicted octanol–water partition coefficient (Wildman–Crippen LogP) is 2.96. The van der Waals surface area contributed by atoms with Crippen LogP contribution in [0.5, 0.6) is 5.75 Å². The summed E-state index contributed by atoms with van der Waals surface area (Å²) in [5.74, 6) is -1.32. The lowest BCUT2D eigenvalue weighted by atomic mass is 10.2. The maximum atomic E-state index is 12.2. The summed E-state index contributed by atoms with van der Waals surface area (Å²) in [5.41, 5.74) is -0.0771. The maximum Gasteiger partial charge on any atom is 0.406 e. The number of nitrogens with zero attached hydrogens (tertiary/aromatic N) is 3. The lowest BCUT2D eigenvalue weighted by Crippen LogP contribution is -2.30. The summed E-state index contributed by atoms with van der Waals surface area (Å²) < 4.78 is 5.28. The van der Waals surface area contributed by atoms with Crippen molar-refractivity contribution in [2.24, 2.45) is 0 Å². The second kappa shape index (κ2) is 7.53. The van der Waals surface area contributed by atoms with Gasteiger partial charge < -0.3 is 20.2 Å². The van der Waals surface area contributed by atoms with Gasteiger partial charge in [-0.3, -0.25) is 14.9 Å². The number of nitro benzene ring substituents is 1. The van der Waals surface area contributed by atoms with Crippen molar-refractivity contribution in [3.8, 4) is 5.75 Å². The number of carbonyl (C=O) groups excluding carboxylic acids is 1. The number of ether oxygens (including phenoxy) is 1. The largest absolute Gasteiger partial charge is 0.473 e. The standard InChI is InChI=1S/C14H11ClN4O6/c1-8(25-12-3-2-6-16-13(12)19(23)24)14(20)17-11-5-4-9(18(21)22)7-10(11)15/h2-8H,1H3,(H,17,20). The van der Waals surface area contributed by atoms with Crippen LogP contribution in [-0.4, -0.2) is 26.8 Å². The van der Waals surface area contributed by atoms with Gasteiger partial charge in [-0.1, -0.05) is 11.6 Å². The van der Waals surface area contributed by atoms with Crippen LogP contribution in [0.2, 0.25) is 5.02 Å². The van der Waals surface area contributed by atoms with Gasteiger partial charge in [0, 0.05) is 12.1 Å². The summed E-state index contributed by atoms with van der Waals surface area (Å²) in [6.45, 7) is 1.38. The Morgan fingerprint density at radius 1 is 1.28 bits per heavy atom. The van der Waals surface area contributed by atoms with Gasteiger partial charge in [0.15, 0.2) is 6.10 Å².